The minimum absolute atomic E-state index is 0.0138. The average molecular weight is 1220 g/mol. The molecule has 8 aliphatic heterocycles. The minimum Gasteiger partial charge on any atom is -0.394 e. The van der Waals surface area contributed by atoms with Crippen molar-refractivity contribution >= 4 is 5.78 Å². The van der Waals surface area contributed by atoms with Gasteiger partial charge in [0.1, 0.15) is 60.7 Å². The third-order valence-electron chi connectivity index (χ3n) is 22.2. The number of methoxy groups -OCH3 is 4. The van der Waals surface area contributed by atoms with E-state index in [0.29, 0.717) is 37.4 Å². The second-order valence-corrected chi connectivity index (χ2v) is 27.1. The number of carbonyl (C=O) groups is 1. The van der Waals surface area contributed by atoms with Gasteiger partial charge in [0.15, 0.2) is 43.5 Å². The van der Waals surface area contributed by atoms with Crippen LogP contribution in [0.2, 0.25) is 0 Å². The fraction of sp³-hybridized carbons (Fsp3) is 0.984. The predicted octanol–water partition coefficient (Wildman–Crippen LogP) is 3.30. The number of aliphatic hydroxyl groups is 5. The molecule has 0 aromatic carbocycles. The first-order valence-corrected chi connectivity index (χ1v) is 31.7. The highest BCUT2D eigenvalue weighted by molar-refractivity contribution is 5.88. The molecule has 0 aromatic rings. The van der Waals surface area contributed by atoms with Crippen molar-refractivity contribution in [3.05, 3.63) is 0 Å². The van der Waals surface area contributed by atoms with Gasteiger partial charge in [-0.2, -0.15) is 0 Å². The van der Waals surface area contributed by atoms with Gasteiger partial charge in [0, 0.05) is 85.2 Å². The molecule has 8 heterocycles. The van der Waals surface area contributed by atoms with Crippen molar-refractivity contribution in [2.45, 2.75) is 317 Å². The molecule has 0 radical (unpaired) electrons. The SMILES string of the molecule is CO[C@H]1C[C@H](O[C@H]2CC[C@@]3(C)C(CC[C@@]45OC(C)[C@H]6CCC(=O)[C@]6(C)C(C[C@@H]43)O5)C2)O[C@H](C)[C@H]1O[C@H]1C[C@@H](OC)[C@H](O[C@H]2C[C@@H](OC)[C@H](O[C@H]3C[C@@H](O)[C@H](O[C@H]4C[C@@H](OC)[C@H](O[C@@H]5O[C@H](CO)[C@@H](O)[C@H](O)[C@H]5O)[C@@H](C)O4)[C@@H](C)O3)[C@@H](C)O2)[C@@H](C)O1. The van der Waals surface area contributed by atoms with E-state index >= 15 is 0 Å². The Bertz CT molecular complexity index is 2210. The quantitative estimate of drug-likeness (QED) is 0.131. The van der Waals surface area contributed by atoms with Gasteiger partial charge in [-0.25, -0.2) is 0 Å². The minimum atomic E-state index is -1.61. The molecule has 3 unspecified atom stereocenters. The van der Waals surface area contributed by atoms with Crippen LogP contribution in [0.15, 0.2) is 0 Å². The highest BCUT2D eigenvalue weighted by Crippen LogP contribution is 2.67. The summed E-state index contributed by atoms with van der Waals surface area (Å²) in [6.45, 7) is 15.5. The number of carbonyl (C=O) groups excluding carboxylic acids is 1. The third kappa shape index (κ3) is 12.5. The Balaban J connectivity index is 0.626. The summed E-state index contributed by atoms with van der Waals surface area (Å²) >= 11 is 0. The third-order valence-corrected chi connectivity index (χ3v) is 22.2. The summed E-state index contributed by atoms with van der Waals surface area (Å²) in [5.41, 5.74) is -0.466. The van der Waals surface area contributed by atoms with Crippen LogP contribution in [0, 0.1) is 28.6 Å². The van der Waals surface area contributed by atoms with Gasteiger partial charge in [0.25, 0.3) is 0 Å². The lowest BCUT2D eigenvalue weighted by Gasteiger charge is -2.57. The lowest BCUT2D eigenvalue weighted by atomic mass is 9.52. The van der Waals surface area contributed by atoms with Crippen LogP contribution >= 0.6 is 0 Å². The van der Waals surface area contributed by atoms with Crippen molar-refractivity contribution < 1.29 is 116 Å². The Hall–Kier alpha value is -1.25. The number of ketones is 1. The lowest BCUT2D eigenvalue weighted by Crippen LogP contribution is -2.62. The molecule has 488 valence electrons. The van der Waals surface area contributed by atoms with E-state index in [9.17, 15) is 30.3 Å². The van der Waals surface area contributed by atoms with Crippen LogP contribution in [0.25, 0.3) is 0 Å². The summed E-state index contributed by atoms with van der Waals surface area (Å²) in [7, 11) is 6.45. The van der Waals surface area contributed by atoms with Crippen LogP contribution in [-0.2, 0) is 90.1 Å². The van der Waals surface area contributed by atoms with Gasteiger partial charge in [0.05, 0.1) is 91.4 Å². The number of fused-ring (bicyclic) bond motifs is 5. The molecule has 5 N–H and O–H groups in total. The Morgan fingerprint density at radius 2 is 0.965 bits per heavy atom. The molecular weight excluding hydrogens is 1120 g/mol. The van der Waals surface area contributed by atoms with Crippen molar-refractivity contribution in [2.24, 2.45) is 28.6 Å². The van der Waals surface area contributed by atoms with Crippen LogP contribution in [0.5, 0.6) is 0 Å². The van der Waals surface area contributed by atoms with Crippen molar-refractivity contribution in [1.82, 2.24) is 0 Å². The van der Waals surface area contributed by atoms with Crippen LogP contribution < -0.4 is 0 Å². The maximum atomic E-state index is 13.5. The summed E-state index contributed by atoms with van der Waals surface area (Å²) in [4.78, 5) is 13.5. The number of hydrogen-bond donors (Lipinski definition) is 5. The second kappa shape index (κ2) is 26.4. The molecule has 3 saturated carbocycles. The van der Waals surface area contributed by atoms with Gasteiger partial charge in [-0.15, -0.1) is 0 Å². The Labute approximate surface area is 500 Å². The standard InChI is InChI=1S/C61H100O24/c1-27-35-13-14-43(64)60(35,8)44-25-42-59(7)17-16-34(19-33(59)15-18-61(42,84-27)85-44)77-46-21-37(68-9)55(29(3)73-46)81-49-23-39(70-11)56(31(5)75-49)82-48-22-38(69-10)54(30(4)74-48)80-45-20-36(63)53(28(2)72-45)79-47-24-40(71-12)57(32(6)76-47)83-58-52(67)51(66)50(65)41(26-62)78-58/h27-42,44-58,62-63,65-67H,13-26H2,1-12H3/t27?,28-,29-,30-,31-,32-,33?,34+,35-,36-,37+,38-,39-,40-,41-,42-,44?,45+,46+,47+,48+,49+,50-,51+,52-,53-,54-,55-,56-,57-,58+,59+,60-,61+/m1/s1. The zero-order chi connectivity index (χ0) is 60.6. The normalized spacial score (nSPS) is 54.7. The van der Waals surface area contributed by atoms with Crippen LogP contribution in [0.4, 0.5) is 0 Å². The molecule has 85 heavy (non-hydrogen) atoms. The molecule has 24 nitrogen and oxygen atoms in total. The van der Waals surface area contributed by atoms with Crippen molar-refractivity contribution in [2.75, 3.05) is 35.0 Å². The topological polar surface area (TPSA) is 284 Å². The molecule has 11 fully saturated rings. The average Bonchev–Trinajstić information content (AvgIpc) is 1.75. The van der Waals surface area contributed by atoms with Gasteiger partial charge in [-0.05, 0) is 98.3 Å². The van der Waals surface area contributed by atoms with Gasteiger partial charge in [-0.1, -0.05) is 6.92 Å². The van der Waals surface area contributed by atoms with Crippen molar-refractivity contribution in [3.8, 4) is 0 Å². The first-order valence-electron chi connectivity index (χ1n) is 31.7. The Morgan fingerprint density at radius 3 is 1.46 bits per heavy atom. The van der Waals surface area contributed by atoms with E-state index in [1.165, 1.54) is 7.11 Å². The van der Waals surface area contributed by atoms with E-state index in [1.807, 2.05) is 20.8 Å². The monoisotopic (exact) mass is 1220 g/mol. The maximum absolute atomic E-state index is 13.5. The molecule has 0 aromatic heterocycles. The number of Topliss-reactive ketones (excluding diaryl/α,β-unsaturated/α-hetero) is 1. The highest BCUT2D eigenvalue weighted by atomic mass is 16.8. The first-order chi connectivity index (χ1) is 40.5. The summed E-state index contributed by atoms with van der Waals surface area (Å²) < 4.78 is 115. The van der Waals surface area contributed by atoms with Crippen molar-refractivity contribution in [3.63, 3.8) is 0 Å². The van der Waals surface area contributed by atoms with Gasteiger partial charge in [-0.3, -0.25) is 4.79 Å². The number of rotatable bonds is 17. The second-order valence-electron chi connectivity index (χ2n) is 27.1. The highest BCUT2D eigenvalue weighted by Gasteiger charge is 2.70. The van der Waals surface area contributed by atoms with Crippen LogP contribution in [-0.4, -0.2) is 244 Å². The zero-order valence-corrected chi connectivity index (χ0v) is 51.8. The molecule has 3 aliphatic carbocycles. The number of hydrogen-bond acceptors (Lipinski definition) is 24. The molecule has 11 rings (SSSR count). The van der Waals surface area contributed by atoms with Gasteiger partial charge >= 0.3 is 0 Å². The molecule has 34 atom stereocenters. The van der Waals surface area contributed by atoms with Gasteiger partial charge in [0.2, 0.25) is 0 Å². The van der Waals surface area contributed by atoms with Crippen LogP contribution in [0.3, 0.4) is 0 Å². The Morgan fingerprint density at radius 1 is 0.494 bits per heavy atom. The summed E-state index contributed by atoms with van der Waals surface area (Å²) in [6.07, 6.45) is -10.9. The van der Waals surface area contributed by atoms with E-state index in [4.69, 9.17) is 85.3 Å². The molecular formula is C61H100O24. The van der Waals surface area contributed by atoms with Crippen molar-refractivity contribution in [1.29, 1.82) is 0 Å². The van der Waals surface area contributed by atoms with Gasteiger partial charge < -0.3 is 111 Å². The maximum Gasteiger partial charge on any atom is 0.187 e. The molecule has 2 bridgehead atoms. The number of ether oxygens (including phenoxy) is 18. The summed E-state index contributed by atoms with van der Waals surface area (Å²) in [5, 5.41) is 52.3. The van der Waals surface area contributed by atoms with E-state index < -0.39 is 159 Å². The summed E-state index contributed by atoms with van der Waals surface area (Å²) in [6, 6.07) is 0. The molecule has 8 saturated heterocycles. The summed E-state index contributed by atoms with van der Waals surface area (Å²) in [5.74, 6) is 0.597. The van der Waals surface area contributed by atoms with E-state index in [-0.39, 0.29) is 60.6 Å². The number of aliphatic hydroxyl groups excluding tert-OH is 5. The predicted molar refractivity (Wildman–Crippen MR) is 294 cm³/mol. The fourth-order valence-corrected chi connectivity index (χ4v) is 17.3. The Kier molecular flexibility index (Phi) is 20.3. The molecule has 11 aliphatic rings. The molecule has 0 amide bonds. The molecule has 1 spiro atoms. The zero-order valence-electron chi connectivity index (χ0n) is 51.8. The van der Waals surface area contributed by atoms with E-state index in [2.05, 4.69) is 20.8 Å². The molecule has 24 heteroatoms. The lowest BCUT2D eigenvalue weighted by molar-refractivity contribution is -0.359. The largest absolute Gasteiger partial charge is 0.394 e. The first kappa shape index (κ1) is 65.2. The van der Waals surface area contributed by atoms with Crippen LogP contribution in [0.1, 0.15) is 139 Å². The van der Waals surface area contributed by atoms with E-state index in [1.54, 1.807) is 35.2 Å². The fourth-order valence-electron chi connectivity index (χ4n) is 17.3. The van der Waals surface area contributed by atoms with E-state index in [0.717, 1.165) is 44.9 Å². The smallest absolute Gasteiger partial charge is 0.187 e.